The predicted octanol–water partition coefficient (Wildman–Crippen LogP) is 2.83. The Bertz CT molecular complexity index is 454. The van der Waals surface area contributed by atoms with E-state index in [9.17, 15) is 4.79 Å². The molecule has 2 rings (SSSR count). The molecule has 1 aromatic carbocycles. The van der Waals surface area contributed by atoms with Crippen LogP contribution in [0, 0.1) is 0 Å². The minimum absolute atomic E-state index is 0.199. The van der Waals surface area contributed by atoms with Crippen LogP contribution in [0.15, 0.2) is 30.3 Å². The van der Waals surface area contributed by atoms with Gasteiger partial charge in [0.25, 0.3) is 0 Å². The van der Waals surface area contributed by atoms with Gasteiger partial charge in [-0.15, -0.1) is 0 Å². The Labute approximate surface area is 127 Å². The molecule has 0 aliphatic carbocycles. The molecule has 0 spiro atoms. The van der Waals surface area contributed by atoms with Crippen LogP contribution in [0.2, 0.25) is 0 Å². The van der Waals surface area contributed by atoms with Gasteiger partial charge in [0, 0.05) is 19.1 Å². The van der Waals surface area contributed by atoms with Gasteiger partial charge in [-0.1, -0.05) is 30.3 Å². The van der Waals surface area contributed by atoms with E-state index in [0.29, 0.717) is 6.04 Å². The number of likely N-dealkylation sites (tertiary alicyclic amines) is 1. The summed E-state index contributed by atoms with van der Waals surface area (Å²) < 4.78 is 5.40. The standard InChI is InChI=1S/C17H26N2O2/c1-17(2,3)21-16(20)19-12-10-15(13-19)18-11-9-14-7-5-4-6-8-14/h4-8,15,18H,9-13H2,1-3H3/t15-/m0/s1. The van der Waals surface area contributed by atoms with Crippen molar-refractivity contribution in [1.82, 2.24) is 10.2 Å². The molecular weight excluding hydrogens is 264 g/mol. The van der Waals surface area contributed by atoms with Gasteiger partial charge in [-0.25, -0.2) is 4.79 Å². The Balaban J connectivity index is 1.69. The third-order valence-corrected chi connectivity index (χ3v) is 3.53. The average molecular weight is 290 g/mol. The molecule has 4 heteroatoms. The molecule has 1 saturated heterocycles. The molecule has 0 aromatic heterocycles. The molecule has 0 bridgehead atoms. The number of carbonyl (C=O) groups excluding carboxylic acids is 1. The molecule has 1 aliphatic rings. The van der Waals surface area contributed by atoms with Crippen molar-refractivity contribution in [3.05, 3.63) is 35.9 Å². The molecule has 4 nitrogen and oxygen atoms in total. The van der Waals surface area contributed by atoms with E-state index in [1.54, 1.807) is 4.90 Å². The molecule has 21 heavy (non-hydrogen) atoms. The number of nitrogens with one attached hydrogen (secondary N) is 1. The van der Waals surface area contributed by atoms with Gasteiger partial charge < -0.3 is 15.0 Å². The minimum Gasteiger partial charge on any atom is -0.444 e. The molecule has 1 N–H and O–H groups in total. The summed E-state index contributed by atoms with van der Waals surface area (Å²) in [7, 11) is 0. The van der Waals surface area contributed by atoms with Gasteiger partial charge in [-0.3, -0.25) is 0 Å². The average Bonchev–Trinajstić information content (AvgIpc) is 2.87. The summed E-state index contributed by atoms with van der Waals surface area (Å²) in [5.74, 6) is 0. The van der Waals surface area contributed by atoms with E-state index >= 15 is 0 Å². The topological polar surface area (TPSA) is 41.6 Å². The lowest BCUT2D eigenvalue weighted by atomic mass is 10.1. The molecule has 1 heterocycles. The summed E-state index contributed by atoms with van der Waals surface area (Å²) in [6, 6.07) is 10.8. The SMILES string of the molecule is CC(C)(C)OC(=O)N1CC[C@H](NCCc2ccccc2)C1. The lowest BCUT2D eigenvalue weighted by molar-refractivity contribution is 0.0291. The second-order valence-electron chi connectivity index (χ2n) is 6.60. The minimum atomic E-state index is -0.421. The number of hydrogen-bond donors (Lipinski definition) is 1. The van der Waals surface area contributed by atoms with E-state index in [4.69, 9.17) is 4.74 Å². The molecule has 0 unspecified atom stereocenters. The summed E-state index contributed by atoms with van der Waals surface area (Å²) >= 11 is 0. The van der Waals surface area contributed by atoms with Gasteiger partial charge in [0.2, 0.25) is 0 Å². The summed E-state index contributed by atoms with van der Waals surface area (Å²) in [5.41, 5.74) is 0.919. The first-order valence-corrected chi connectivity index (χ1v) is 7.69. The maximum atomic E-state index is 12.0. The number of carbonyl (C=O) groups is 1. The molecule has 1 aliphatic heterocycles. The number of benzene rings is 1. The zero-order chi connectivity index (χ0) is 15.3. The van der Waals surface area contributed by atoms with E-state index < -0.39 is 5.60 Å². The smallest absolute Gasteiger partial charge is 0.410 e. The van der Waals surface area contributed by atoms with Crippen LogP contribution in [0.4, 0.5) is 4.79 Å². The van der Waals surface area contributed by atoms with Crippen LogP contribution >= 0.6 is 0 Å². The van der Waals surface area contributed by atoms with Gasteiger partial charge in [0.1, 0.15) is 5.60 Å². The summed E-state index contributed by atoms with van der Waals surface area (Å²) in [6.07, 6.45) is 1.81. The van der Waals surface area contributed by atoms with Crippen LogP contribution in [0.25, 0.3) is 0 Å². The van der Waals surface area contributed by atoms with Gasteiger partial charge >= 0.3 is 6.09 Å². The van der Waals surface area contributed by atoms with E-state index in [2.05, 4.69) is 29.6 Å². The van der Waals surface area contributed by atoms with Crippen molar-refractivity contribution in [1.29, 1.82) is 0 Å². The quantitative estimate of drug-likeness (QED) is 0.927. The highest BCUT2D eigenvalue weighted by molar-refractivity contribution is 5.68. The molecule has 1 amide bonds. The molecule has 1 aromatic rings. The highest BCUT2D eigenvalue weighted by Gasteiger charge is 2.29. The third-order valence-electron chi connectivity index (χ3n) is 3.53. The van der Waals surface area contributed by atoms with E-state index in [-0.39, 0.29) is 6.09 Å². The maximum absolute atomic E-state index is 12.0. The first-order chi connectivity index (χ1) is 9.94. The Hall–Kier alpha value is -1.55. The fraction of sp³-hybridized carbons (Fsp3) is 0.588. The van der Waals surface area contributed by atoms with Gasteiger partial charge in [-0.05, 0) is 45.7 Å². The van der Waals surface area contributed by atoms with Crippen molar-refractivity contribution in [3.8, 4) is 0 Å². The number of rotatable bonds is 4. The zero-order valence-corrected chi connectivity index (χ0v) is 13.3. The van der Waals surface area contributed by atoms with Crippen LogP contribution in [0.1, 0.15) is 32.8 Å². The van der Waals surface area contributed by atoms with Crippen molar-refractivity contribution in [2.75, 3.05) is 19.6 Å². The molecule has 116 valence electrons. The Morgan fingerprint density at radius 3 is 2.71 bits per heavy atom. The van der Waals surface area contributed by atoms with Crippen molar-refractivity contribution in [2.24, 2.45) is 0 Å². The summed E-state index contributed by atoms with van der Waals surface area (Å²) in [5, 5.41) is 3.53. The summed E-state index contributed by atoms with van der Waals surface area (Å²) in [4.78, 5) is 13.8. The fourth-order valence-electron chi connectivity index (χ4n) is 2.48. The lowest BCUT2D eigenvalue weighted by Crippen LogP contribution is -2.38. The molecule has 1 atom stereocenters. The lowest BCUT2D eigenvalue weighted by Gasteiger charge is -2.24. The van der Waals surface area contributed by atoms with Crippen molar-refractivity contribution >= 4 is 6.09 Å². The molecule has 0 saturated carbocycles. The highest BCUT2D eigenvalue weighted by Crippen LogP contribution is 2.15. The second kappa shape index (κ2) is 6.94. The Kier molecular flexibility index (Phi) is 5.23. The number of hydrogen-bond acceptors (Lipinski definition) is 3. The first kappa shape index (κ1) is 15.8. The normalized spacial score (nSPS) is 18.8. The number of amides is 1. The first-order valence-electron chi connectivity index (χ1n) is 7.69. The number of ether oxygens (including phenoxy) is 1. The molecule has 0 radical (unpaired) electrons. The van der Waals surface area contributed by atoms with Crippen molar-refractivity contribution in [2.45, 2.75) is 45.3 Å². The third kappa shape index (κ3) is 5.38. The van der Waals surface area contributed by atoms with Crippen LogP contribution in [-0.4, -0.2) is 42.3 Å². The molecular formula is C17H26N2O2. The Morgan fingerprint density at radius 2 is 2.05 bits per heavy atom. The van der Waals surface area contributed by atoms with Crippen LogP contribution < -0.4 is 5.32 Å². The van der Waals surface area contributed by atoms with Crippen LogP contribution in [-0.2, 0) is 11.2 Å². The fourth-order valence-corrected chi connectivity index (χ4v) is 2.48. The van der Waals surface area contributed by atoms with Crippen LogP contribution in [0.3, 0.4) is 0 Å². The van der Waals surface area contributed by atoms with Gasteiger partial charge in [0.05, 0.1) is 0 Å². The second-order valence-corrected chi connectivity index (χ2v) is 6.60. The number of nitrogens with zero attached hydrogens (tertiary/aromatic N) is 1. The van der Waals surface area contributed by atoms with E-state index in [1.807, 2.05) is 26.8 Å². The predicted molar refractivity (Wildman–Crippen MR) is 84.4 cm³/mol. The van der Waals surface area contributed by atoms with Crippen LogP contribution in [0.5, 0.6) is 0 Å². The van der Waals surface area contributed by atoms with E-state index in [0.717, 1.165) is 32.5 Å². The van der Waals surface area contributed by atoms with E-state index in [1.165, 1.54) is 5.56 Å². The van der Waals surface area contributed by atoms with Crippen molar-refractivity contribution < 1.29 is 9.53 Å². The highest BCUT2D eigenvalue weighted by atomic mass is 16.6. The largest absolute Gasteiger partial charge is 0.444 e. The van der Waals surface area contributed by atoms with Gasteiger partial charge in [0.15, 0.2) is 0 Å². The monoisotopic (exact) mass is 290 g/mol. The van der Waals surface area contributed by atoms with Crippen molar-refractivity contribution in [3.63, 3.8) is 0 Å². The van der Waals surface area contributed by atoms with Gasteiger partial charge in [-0.2, -0.15) is 0 Å². The zero-order valence-electron chi connectivity index (χ0n) is 13.3. The summed E-state index contributed by atoms with van der Waals surface area (Å²) in [6.45, 7) is 8.15. The maximum Gasteiger partial charge on any atom is 0.410 e. The molecule has 1 fully saturated rings. The Morgan fingerprint density at radius 1 is 1.33 bits per heavy atom.